The van der Waals surface area contributed by atoms with E-state index in [1.165, 1.54) is 13.0 Å². The summed E-state index contributed by atoms with van der Waals surface area (Å²) in [6.07, 6.45) is -0.857. The van der Waals surface area contributed by atoms with Crippen LogP contribution in [0.2, 0.25) is 0 Å². The molecular weight excluding hydrogens is 193 g/mol. The highest BCUT2D eigenvalue weighted by Crippen LogP contribution is 2.30. The predicted molar refractivity (Wildman–Crippen MR) is 46.6 cm³/mol. The van der Waals surface area contributed by atoms with E-state index >= 15 is 0 Å². The molecule has 0 radical (unpaired) electrons. The summed E-state index contributed by atoms with van der Waals surface area (Å²) >= 11 is 0. The summed E-state index contributed by atoms with van der Waals surface area (Å²) < 4.78 is 38.6. The van der Waals surface area contributed by atoms with Gasteiger partial charge in [0.05, 0.1) is 11.7 Å². The normalized spacial score (nSPS) is 14.1. The summed E-state index contributed by atoms with van der Waals surface area (Å²) in [5, 5.41) is 9.09. The predicted octanol–water partition coefficient (Wildman–Crippen LogP) is 2.99. The van der Waals surface area contributed by atoms with Crippen molar-refractivity contribution in [3.63, 3.8) is 0 Å². The monoisotopic (exact) mass is 204 g/mol. The Morgan fingerprint density at radius 2 is 1.93 bits per heavy atom. The molecule has 0 saturated heterocycles. The molecule has 1 atom stereocenters. The number of hydrogen-bond acceptors (Lipinski definition) is 1. The molecule has 0 amide bonds. The third-order valence-corrected chi connectivity index (χ3v) is 1.95. The van der Waals surface area contributed by atoms with Crippen molar-refractivity contribution in [3.05, 3.63) is 35.1 Å². The minimum absolute atomic E-state index is 0.288. The van der Waals surface area contributed by atoms with Crippen LogP contribution in [0.3, 0.4) is 0 Å². The molecule has 0 aromatic heterocycles. The van der Waals surface area contributed by atoms with Gasteiger partial charge < -0.3 is 5.11 Å². The number of aliphatic hydroxyl groups excluding tert-OH is 1. The molecule has 0 saturated carbocycles. The smallest absolute Gasteiger partial charge is 0.273 e. The highest BCUT2D eigenvalue weighted by atomic mass is 19.3. The van der Waals surface area contributed by atoms with Gasteiger partial charge in [0.1, 0.15) is 5.82 Å². The van der Waals surface area contributed by atoms with Gasteiger partial charge in [0.15, 0.2) is 0 Å². The minimum Gasteiger partial charge on any atom is -0.389 e. The topological polar surface area (TPSA) is 20.2 Å². The first kappa shape index (κ1) is 11.0. The second-order valence-electron chi connectivity index (χ2n) is 3.30. The fourth-order valence-electron chi connectivity index (χ4n) is 1.15. The molecule has 0 heterocycles. The van der Waals surface area contributed by atoms with Gasteiger partial charge in [-0.2, -0.15) is 0 Å². The van der Waals surface area contributed by atoms with Gasteiger partial charge in [0, 0.05) is 6.92 Å². The lowest BCUT2D eigenvalue weighted by Crippen LogP contribution is -2.10. The Hall–Kier alpha value is -1.03. The van der Waals surface area contributed by atoms with E-state index in [4.69, 9.17) is 5.11 Å². The van der Waals surface area contributed by atoms with Crippen molar-refractivity contribution in [2.45, 2.75) is 25.9 Å². The molecule has 1 unspecified atom stereocenters. The zero-order valence-corrected chi connectivity index (χ0v) is 7.89. The molecule has 0 spiro atoms. The Morgan fingerprint density at radius 1 is 1.36 bits per heavy atom. The molecule has 1 aromatic rings. The van der Waals surface area contributed by atoms with Crippen molar-refractivity contribution in [1.29, 1.82) is 0 Å². The van der Waals surface area contributed by atoms with Crippen molar-refractivity contribution in [2.75, 3.05) is 0 Å². The Labute approximate surface area is 80.2 Å². The number of halogens is 3. The average molecular weight is 204 g/mol. The number of benzene rings is 1. The van der Waals surface area contributed by atoms with E-state index in [0.717, 1.165) is 12.1 Å². The van der Waals surface area contributed by atoms with Crippen molar-refractivity contribution in [1.82, 2.24) is 0 Å². The van der Waals surface area contributed by atoms with Crippen LogP contribution in [0.4, 0.5) is 13.2 Å². The fraction of sp³-hybridized carbons (Fsp3) is 0.400. The molecular formula is C10H11F3O. The first-order valence-electron chi connectivity index (χ1n) is 4.18. The molecule has 0 aliphatic carbocycles. The minimum atomic E-state index is -3.19. The van der Waals surface area contributed by atoms with Gasteiger partial charge in [-0.05, 0) is 24.6 Å². The van der Waals surface area contributed by atoms with Gasteiger partial charge in [-0.15, -0.1) is 0 Å². The first-order valence-corrected chi connectivity index (χ1v) is 4.18. The van der Waals surface area contributed by atoms with Crippen molar-refractivity contribution in [3.8, 4) is 0 Å². The number of alkyl halides is 2. The molecule has 1 aromatic carbocycles. The largest absolute Gasteiger partial charge is 0.389 e. The van der Waals surface area contributed by atoms with Crippen LogP contribution in [0.5, 0.6) is 0 Å². The number of aliphatic hydroxyl groups is 1. The van der Waals surface area contributed by atoms with Crippen LogP contribution in [0.15, 0.2) is 18.2 Å². The van der Waals surface area contributed by atoms with E-state index < -0.39 is 23.4 Å². The lowest BCUT2D eigenvalue weighted by atomic mass is 10.0. The van der Waals surface area contributed by atoms with Crippen LogP contribution in [0.25, 0.3) is 0 Å². The van der Waals surface area contributed by atoms with Crippen LogP contribution < -0.4 is 0 Å². The molecule has 14 heavy (non-hydrogen) atoms. The molecule has 78 valence electrons. The summed E-state index contributed by atoms with van der Waals surface area (Å²) in [6.45, 7) is 2.08. The van der Waals surface area contributed by atoms with Gasteiger partial charge in [0.25, 0.3) is 5.92 Å². The maximum atomic E-state index is 13.1. The molecule has 4 heteroatoms. The number of hydrogen-bond donors (Lipinski definition) is 1. The second-order valence-corrected chi connectivity index (χ2v) is 3.30. The summed E-state index contributed by atoms with van der Waals surface area (Å²) in [5.41, 5.74) is -0.364. The van der Waals surface area contributed by atoms with E-state index in [2.05, 4.69) is 0 Å². The molecule has 0 aliphatic rings. The van der Waals surface area contributed by atoms with Gasteiger partial charge in [0.2, 0.25) is 0 Å². The fourth-order valence-corrected chi connectivity index (χ4v) is 1.15. The first-order chi connectivity index (χ1) is 6.32. The lowest BCUT2D eigenvalue weighted by Gasteiger charge is -2.13. The van der Waals surface area contributed by atoms with E-state index in [9.17, 15) is 13.2 Å². The highest BCUT2D eigenvalue weighted by Gasteiger charge is 2.28. The summed E-state index contributed by atoms with van der Waals surface area (Å²) in [7, 11) is 0. The summed E-state index contributed by atoms with van der Waals surface area (Å²) in [6, 6.07) is 3.22. The SMILES string of the molecule is CC(O)c1ccc(C(C)(F)F)c(F)c1. The third-order valence-electron chi connectivity index (χ3n) is 1.95. The van der Waals surface area contributed by atoms with Crippen LogP contribution in [0, 0.1) is 5.82 Å². The number of rotatable bonds is 2. The Kier molecular flexibility index (Phi) is 2.85. The van der Waals surface area contributed by atoms with Gasteiger partial charge >= 0.3 is 0 Å². The molecule has 0 bridgehead atoms. The van der Waals surface area contributed by atoms with Crippen molar-refractivity contribution in [2.24, 2.45) is 0 Å². The summed E-state index contributed by atoms with van der Waals surface area (Å²) in [5.74, 6) is -4.18. The van der Waals surface area contributed by atoms with Crippen LogP contribution in [-0.2, 0) is 5.92 Å². The molecule has 1 N–H and O–H groups in total. The highest BCUT2D eigenvalue weighted by molar-refractivity contribution is 5.28. The Morgan fingerprint density at radius 3 is 2.29 bits per heavy atom. The Balaban J connectivity index is 3.15. The van der Waals surface area contributed by atoms with E-state index in [1.54, 1.807) is 0 Å². The molecule has 0 aliphatic heterocycles. The van der Waals surface area contributed by atoms with E-state index in [-0.39, 0.29) is 5.56 Å². The quantitative estimate of drug-likeness (QED) is 0.785. The van der Waals surface area contributed by atoms with E-state index in [0.29, 0.717) is 6.92 Å². The van der Waals surface area contributed by atoms with E-state index in [1.807, 2.05) is 0 Å². The molecule has 1 nitrogen and oxygen atoms in total. The maximum absolute atomic E-state index is 13.1. The standard InChI is InChI=1S/C10H11F3O/c1-6(14)7-3-4-8(9(11)5-7)10(2,12)13/h3-6,14H,1-2H3. The third kappa shape index (κ3) is 2.26. The lowest BCUT2D eigenvalue weighted by molar-refractivity contribution is 0.0136. The van der Waals surface area contributed by atoms with Crippen molar-refractivity contribution >= 4 is 0 Å². The van der Waals surface area contributed by atoms with Gasteiger partial charge in [-0.3, -0.25) is 0 Å². The zero-order valence-electron chi connectivity index (χ0n) is 7.89. The maximum Gasteiger partial charge on any atom is 0.273 e. The zero-order chi connectivity index (χ0) is 10.9. The summed E-state index contributed by atoms with van der Waals surface area (Å²) in [4.78, 5) is 0. The second kappa shape index (κ2) is 3.61. The van der Waals surface area contributed by atoms with Gasteiger partial charge in [-0.25, -0.2) is 13.2 Å². The molecule has 0 fully saturated rings. The molecule has 1 rings (SSSR count). The Bertz CT molecular complexity index is 329. The van der Waals surface area contributed by atoms with Gasteiger partial charge in [-0.1, -0.05) is 6.07 Å². The van der Waals surface area contributed by atoms with Crippen LogP contribution in [0.1, 0.15) is 31.1 Å². The van der Waals surface area contributed by atoms with Crippen LogP contribution in [-0.4, -0.2) is 5.11 Å². The average Bonchev–Trinajstić information content (AvgIpc) is 2.01. The van der Waals surface area contributed by atoms with Crippen molar-refractivity contribution < 1.29 is 18.3 Å². The van der Waals surface area contributed by atoms with Crippen LogP contribution >= 0.6 is 0 Å².